The summed E-state index contributed by atoms with van der Waals surface area (Å²) in [5, 5.41) is 18.5. The molecule has 3 aromatic carbocycles. The lowest BCUT2D eigenvalue weighted by molar-refractivity contribution is 0.0697. The second kappa shape index (κ2) is 12.4. The minimum atomic E-state index is -1.04. The van der Waals surface area contributed by atoms with Gasteiger partial charge in [-0.2, -0.15) is 5.26 Å². The zero-order valence-electron chi connectivity index (χ0n) is 24.1. The number of carboxylic acids is 1. The maximum Gasteiger partial charge on any atom is 0.335 e. The van der Waals surface area contributed by atoms with Crippen LogP contribution < -0.4 is 4.74 Å². The predicted molar refractivity (Wildman–Crippen MR) is 162 cm³/mol. The Hall–Kier alpha value is -5.89. The third-order valence-electron chi connectivity index (χ3n) is 7.49. The minimum absolute atomic E-state index is 0.108. The number of halogens is 2. The molecule has 6 aromatic rings. The number of nitriles is 1. The van der Waals surface area contributed by atoms with Crippen molar-refractivity contribution in [2.75, 3.05) is 0 Å². The van der Waals surface area contributed by atoms with Crippen molar-refractivity contribution >= 4 is 17.0 Å². The van der Waals surface area contributed by atoms with Crippen LogP contribution in [0.5, 0.6) is 5.88 Å². The van der Waals surface area contributed by atoms with Crippen LogP contribution in [-0.4, -0.2) is 35.2 Å². The monoisotopic (exact) mass is 604 g/mol. The summed E-state index contributed by atoms with van der Waals surface area (Å²) in [7, 11) is 0. The number of aromatic carboxylic acids is 1. The summed E-state index contributed by atoms with van der Waals surface area (Å²) >= 11 is 0. The Morgan fingerprint density at radius 2 is 1.89 bits per heavy atom. The average molecular weight is 605 g/mol. The van der Waals surface area contributed by atoms with Gasteiger partial charge in [0.15, 0.2) is 0 Å². The quantitative estimate of drug-likeness (QED) is 0.193. The molecule has 0 aliphatic carbocycles. The van der Waals surface area contributed by atoms with Crippen LogP contribution in [0.4, 0.5) is 8.78 Å². The van der Waals surface area contributed by atoms with Gasteiger partial charge in [-0.05, 0) is 61.0 Å². The van der Waals surface area contributed by atoms with Crippen molar-refractivity contribution in [3.8, 4) is 23.2 Å². The van der Waals surface area contributed by atoms with Crippen LogP contribution in [0.15, 0.2) is 85.3 Å². The zero-order chi connectivity index (χ0) is 31.5. The van der Waals surface area contributed by atoms with Gasteiger partial charge in [-0.1, -0.05) is 18.2 Å². The molecule has 0 saturated heterocycles. The van der Waals surface area contributed by atoms with Gasteiger partial charge in [0, 0.05) is 36.4 Å². The van der Waals surface area contributed by atoms with Gasteiger partial charge in [-0.25, -0.2) is 28.5 Å². The van der Waals surface area contributed by atoms with Gasteiger partial charge in [0.1, 0.15) is 24.1 Å². The summed E-state index contributed by atoms with van der Waals surface area (Å²) in [4.78, 5) is 25.1. The molecule has 6 rings (SSSR count). The first-order valence-electron chi connectivity index (χ1n) is 14.1. The molecular weight excluding hydrogens is 578 g/mol. The molecule has 0 unspecified atom stereocenters. The summed E-state index contributed by atoms with van der Waals surface area (Å²) in [5.41, 5.74) is 4.12. The van der Waals surface area contributed by atoms with Crippen molar-refractivity contribution in [2.24, 2.45) is 0 Å². The van der Waals surface area contributed by atoms with Crippen LogP contribution in [0.1, 0.15) is 45.5 Å². The summed E-state index contributed by atoms with van der Waals surface area (Å²) < 4.78 is 39.4. The smallest absolute Gasteiger partial charge is 0.335 e. The van der Waals surface area contributed by atoms with Crippen molar-refractivity contribution in [1.29, 1.82) is 5.26 Å². The highest BCUT2D eigenvalue weighted by atomic mass is 19.1. The average Bonchev–Trinajstić information content (AvgIpc) is 3.64. The molecule has 9 nitrogen and oxygen atoms in total. The minimum Gasteiger partial charge on any atom is -0.478 e. The molecule has 0 aliphatic heterocycles. The summed E-state index contributed by atoms with van der Waals surface area (Å²) in [6, 6.07) is 20.6. The van der Waals surface area contributed by atoms with Gasteiger partial charge in [-0.15, -0.1) is 0 Å². The molecule has 0 atom stereocenters. The number of hydrogen-bond acceptors (Lipinski definition) is 6. The Labute approximate surface area is 256 Å². The van der Waals surface area contributed by atoms with E-state index in [1.165, 1.54) is 24.3 Å². The largest absolute Gasteiger partial charge is 0.478 e. The molecule has 3 aromatic heterocycles. The summed E-state index contributed by atoms with van der Waals surface area (Å²) in [6.07, 6.45) is 3.80. The first kappa shape index (κ1) is 29.2. The number of carbonyl (C=O) groups is 1. The first-order chi connectivity index (χ1) is 21.8. The fourth-order valence-electron chi connectivity index (χ4n) is 5.13. The van der Waals surface area contributed by atoms with E-state index in [1.807, 2.05) is 22.1 Å². The third kappa shape index (κ3) is 6.12. The van der Waals surface area contributed by atoms with Crippen molar-refractivity contribution in [3.05, 3.63) is 131 Å². The van der Waals surface area contributed by atoms with Crippen molar-refractivity contribution < 1.29 is 23.4 Å². The van der Waals surface area contributed by atoms with Crippen molar-refractivity contribution in [1.82, 2.24) is 24.1 Å². The number of carboxylic acid groups (broad SMARTS) is 1. The highest BCUT2D eigenvalue weighted by molar-refractivity contribution is 5.92. The van der Waals surface area contributed by atoms with Crippen LogP contribution in [0.25, 0.3) is 22.3 Å². The molecule has 0 saturated carbocycles. The van der Waals surface area contributed by atoms with Gasteiger partial charge in [0.05, 0.1) is 52.5 Å². The van der Waals surface area contributed by atoms with E-state index < -0.39 is 17.6 Å². The maximum absolute atomic E-state index is 15.5. The Bertz CT molecular complexity index is 2100. The zero-order valence-corrected chi connectivity index (χ0v) is 24.1. The van der Waals surface area contributed by atoms with E-state index in [0.717, 1.165) is 18.3 Å². The molecular formula is C34H26F2N6O3. The fraction of sp³-hybridized carbons (Fsp3) is 0.147. The molecule has 0 aliphatic rings. The maximum atomic E-state index is 15.5. The second-order valence-corrected chi connectivity index (χ2v) is 10.4. The molecule has 0 spiro atoms. The van der Waals surface area contributed by atoms with Gasteiger partial charge >= 0.3 is 5.97 Å². The molecule has 11 heteroatoms. The van der Waals surface area contributed by atoms with E-state index in [-0.39, 0.29) is 34.7 Å². The van der Waals surface area contributed by atoms with Crippen molar-refractivity contribution in [3.63, 3.8) is 0 Å². The number of fused-ring (bicyclic) bond motifs is 1. The topological polar surface area (TPSA) is 119 Å². The number of aryl methyl sites for hydroxylation is 1. The Balaban J connectivity index is 1.26. The highest BCUT2D eigenvalue weighted by Crippen LogP contribution is 2.27. The fourth-order valence-corrected chi connectivity index (χ4v) is 5.13. The lowest BCUT2D eigenvalue weighted by Crippen LogP contribution is -2.10. The number of nitrogens with zero attached hydrogens (tertiary/aromatic N) is 6. The van der Waals surface area contributed by atoms with Crippen LogP contribution >= 0.6 is 0 Å². The Morgan fingerprint density at radius 1 is 1.02 bits per heavy atom. The molecule has 3 heterocycles. The first-order valence-corrected chi connectivity index (χ1v) is 14.1. The molecule has 45 heavy (non-hydrogen) atoms. The van der Waals surface area contributed by atoms with E-state index in [1.54, 1.807) is 55.0 Å². The van der Waals surface area contributed by atoms with Gasteiger partial charge < -0.3 is 19.0 Å². The van der Waals surface area contributed by atoms with E-state index in [9.17, 15) is 14.3 Å². The van der Waals surface area contributed by atoms with Crippen LogP contribution in [0.2, 0.25) is 0 Å². The lowest BCUT2D eigenvalue weighted by Gasteiger charge is -2.12. The van der Waals surface area contributed by atoms with Crippen LogP contribution in [0.3, 0.4) is 0 Å². The third-order valence-corrected chi connectivity index (χ3v) is 7.49. The van der Waals surface area contributed by atoms with Gasteiger partial charge in [0.2, 0.25) is 5.88 Å². The van der Waals surface area contributed by atoms with E-state index >= 15 is 4.39 Å². The molecule has 0 amide bonds. The molecule has 1 N–H and O–H groups in total. The predicted octanol–water partition coefficient (Wildman–Crippen LogP) is 6.38. The number of ether oxygens (including phenoxy) is 1. The molecule has 0 radical (unpaired) electrons. The van der Waals surface area contributed by atoms with Gasteiger partial charge in [0.25, 0.3) is 0 Å². The number of hydrogen-bond donors (Lipinski definition) is 1. The van der Waals surface area contributed by atoms with Crippen LogP contribution in [0, 0.1) is 23.0 Å². The Kier molecular flexibility index (Phi) is 8.03. The van der Waals surface area contributed by atoms with E-state index in [0.29, 0.717) is 41.1 Å². The van der Waals surface area contributed by atoms with E-state index in [4.69, 9.17) is 15.0 Å². The van der Waals surface area contributed by atoms with Gasteiger partial charge in [-0.3, -0.25) is 0 Å². The Morgan fingerprint density at radius 3 is 2.64 bits per heavy atom. The lowest BCUT2D eigenvalue weighted by atomic mass is 10.1. The SMILES string of the molecule is CCn1cncc1Cn1c(Cc2ccc(-c3cccc(OCc4ccc(C#N)cc4F)n3)c(F)c2)nc2ccc(C(=O)O)cc21. The van der Waals surface area contributed by atoms with E-state index in [2.05, 4.69) is 9.97 Å². The number of benzene rings is 3. The second-order valence-electron chi connectivity index (χ2n) is 10.4. The number of pyridine rings is 1. The normalized spacial score (nSPS) is 11.1. The number of imidazole rings is 2. The molecule has 224 valence electrons. The number of rotatable bonds is 10. The van der Waals surface area contributed by atoms with Crippen molar-refractivity contribution in [2.45, 2.75) is 33.0 Å². The highest BCUT2D eigenvalue weighted by Gasteiger charge is 2.17. The number of aromatic nitrogens is 5. The standard InChI is InChI=1S/C34H26F2N6O3/c1-2-41-20-38-17-25(41)18-42-31-15-23(34(43)44)9-11-30(31)39-32(42)14-21-7-10-26(28(36)12-21)29-4-3-5-33(40-29)45-19-24-8-6-22(16-37)13-27(24)35/h3-13,15,17,20H,2,14,18-19H2,1H3,(H,43,44). The molecule has 0 fully saturated rings. The molecule has 0 bridgehead atoms. The summed E-state index contributed by atoms with van der Waals surface area (Å²) in [6.45, 7) is 3.03. The summed E-state index contributed by atoms with van der Waals surface area (Å²) in [5.74, 6) is -1.24. The van der Waals surface area contributed by atoms with Crippen LogP contribution in [-0.2, 0) is 26.1 Å².